The Bertz CT molecular complexity index is 778. The van der Waals surface area contributed by atoms with Gasteiger partial charge in [0.1, 0.15) is 5.01 Å². The van der Waals surface area contributed by atoms with Crippen molar-refractivity contribution in [3.8, 4) is 10.6 Å². The van der Waals surface area contributed by atoms with Gasteiger partial charge in [-0.1, -0.05) is 30.3 Å². The Balaban J connectivity index is 1.67. The number of rotatable bonds is 4. The molecule has 0 aliphatic carbocycles. The minimum atomic E-state index is -3.00. The van der Waals surface area contributed by atoms with Crippen LogP contribution in [-0.2, 0) is 16.4 Å². The Morgan fingerprint density at radius 3 is 2.90 bits per heavy atom. The average molecular weight is 320 g/mol. The van der Waals surface area contributed by atoms with Crippen molar-refractivity contribution in [1.29, 1.82) is 0 Å². The molecule has 1 aromatic carbocycles. The molecule has 1 aliphatic heterocycles. The Hall–Kier alpha value is -1.50. The number of hydrogen-bond donors (Lipinski definition) is 1. The van der Waals surface area contributed by atoms with Crippen molar-refractivity contribution in [3.05, 3.63) is 52.4 Å². The van der Waals surface area contributed by atoms with E-state index in [1.165, 1.54) is 11.0 Å². The van der Waals surface area contributed by atoms with Crippen molar-refractivity contribution in [3.63, 3.8) is 0 Å². The molecule has 1 N–H and O–H groups in total. The van der Waals surface area contributed by atoms with Crippen LogP contribution >= 0.6 is 11.3 Å². The lowest BCUT2D eigenvalue weighted by molar-refractivity contribution is 0.591. The number of sulfone groups is 1. The molecule has 1 aliphatic rings. The smallest absolute Gasteiger partial charge is 0.173 e. The Morgan fingerprint density at radius 2 is 2.19 bits per heavy atom. The summed E-state index contributed by atoms with van der Waals surface area (Å²) < 4.78 is 22.7. The van der Waals surface area contributed by atoms with Gasteiger partial charge in [-0.05, 0) is 12.5 Å². The SMILES string of the molecule is Cc1ccccc1-c1ncc(CN[C@H]2C=CS(=O)(=O)C2)s1. The molecule has 1 aromatic heterocycles. The second-order valence-corrected chi connectivity index (χ2v) is 8.14. The van der Waals surface area contributed by atoms with Crippen LogP contribution in [0.25, 0.3) is 10.6 Å². The van der Waals surface area contributed by atoms with Gasteiger partial charge in [-0.25, -0.2) is 13.4 Å². The zero-order valence-electron chi connectivity index (χ0n) is 11.6. The predicted octanol–water partition coefficient (Wildman–Crippen LogP) is 2.52. The van der Waals surface area contributed by atoms with Gasteiger partial charge in [0.25, 0.3) is 0 Å². The highest BCUT2D eigenvalue weighted by atomic mass is 32.2. The molecule has 0 spiro atoms. The maximum absolute atomic E-state index is 11.3. The third-order valence-electron chi connectivity index (χ3n) is 3.40. The number of benzene rings is 1. The molecule has 0 amide bonds. The van der Waals surface area contributed by atoms with E-state index >= 15 is 0 Å². The van der Waals surface area contributed by atoms with Crippen molar-refractivity contribution in [2.75, 3.05) is 5.75 Å². The molecule has 0 saturated heterocycles. The first-order valence-corrected chi connectivity index (χ1v) is 9.22. The van der Waals surface area contributed by atoms with Crippen LogP contribution in [0.2, 0.25) is 0 Å². The maximum atomic E-state index is 11.3. The van der Waals surface area contributed by atoms with Crippen LogP contribution in [-0.4, -0.2) is 25.2 Å². The molecule has 0 unspecified atom stereocenters. The van der Waals surface area contributed by atoms with Crippen molar-refractivity contribution in [2.45, 2.75) is 19.5 Å². The van der Waals surface area contributed by atoms with Gasteiger partial charge >= 0.3 is 0 Å². The fraction of sp³-hybridized carbons (Fsp3) is 0.267. The molecule has 3 rings (SSSR count). The predicted molar refractivity (Wildman–Crippen MR) is 85.8 cm³/mol. The summed E-state index contributed by atoms with van der Waals surface area (Å²) >= 11 is 1.64. The third-order valence-corrected chi connectivity index (χ3v) is 5.82. The van der Waals surface area contributed by atoms with Crippen LogP contribution in [0.5, 0.6) is 0 Å². The molecule has 6 heteroatoms. The summed E-state index contributed by atoms with van der Waals surface area (Å²) in [5, 5.41) is 5.52. The first-order chi connectivity index (χ1) is 10.0. The molecule has 0 saturated carbocycles. The standard InChI is InChI=1S/C15H16N2O2S2/c1-11-4-2-3-5-14(11)15-17-9-13(20-15)8-16-12-6-7-21(18,19)10-12/h2-7,9,12,16H,8,10H2,1H3/t12-/m0/s1. The lowest BCUT2D eigenvalue weighted by Crippen LogP contribution is -2.29. The van der Waals surface area contributed by atoms with E-state index in [1.54, 1.807) is 17.4 Å². The molecule has 0 bridgehead atoms. The maximum Gasteiger partial charge on any atom is 0.173 e. The Kier molecular flexibility index (Phi) is 3.93. The van der Waals surface area contributed by atoms with E-state index < -0.39 is 9.84 Å². The Morgan fingerprint density at radius 1 is 1.38 bits per heavy atom. The van der Waals surface area contributed by atoms with Crippen LogP contribution in [0, 0.1) is 6.92 Å². The zero-order chi connectivity index (χ0) is 14.9. The van der Waals surface area contributed by atoms with E-state index in [2.05, 4.69) is 29.4 Å². The van der Waals surface area contributed by atoms with E-state index in [-0.39, 0.29) is 11.8 Å². The van der Waals surface area contributed by atoms with Crippen LogP contribution in [0.1, 0.15) is 10.4 Å². The normalized spacial score (nSPS) is 20.0. The molecular formula is C15H16N2O2S2. The van der Waals surface area contributed by atoms with Crippen LogP contribution in [0.4, 0.5) is 0 Å². The van der Waals surface area contributed by atoms with Crippen LogP contribution in [0.15, 0.2) is 41.9 Å². The first kappa shape index (κ1) is 14.4. The van der Waals surface area contributed by atoms with Crippen molar-refractivity contribution in [1.82, 2.24) is 10.3 Å². The lowest BCUT2D eigenvalue weighted by Gasteiger charge is -2.07. The lowest BCUT2D eigenvalue weighted by atomic mass is 10.1. The minimum Gasteiger partial charge on any atom is -0.305 e. The second-order valence-electron chi connectivity index (χ2n) is 5.09. The molecule has 0 fully saturated rings. The van der Waals surface area contributed by atoms with Crippen molar-refractivity contribution >= 4 is 21.2 Å². The number of nitrogens with zero attached hydrogens (tertiary/aromatic N) is 1. The van der Waals surface area contributed by atoms with Crippen molar-refractivity contribution in [2.24, 2.45) is 0 Å². The number of hydrogen-bond acceptors (Lipinski definition) is 5. The van der Waals surface area contributed by atoms with E-state index in [1.807, 2.05) is 18.3 Å². The molecule has 4 nitrogen and oxygen atoms in total. The molecular weight excluding hydrogens is 304 g/mol. The van der Waals surface area contributed by atoms with Gasteiger partial charge < -0.3 is 5.32 Å². The average Bonchev–Trinajstić information content (AvgIpc) is 3.03. The summed E-state index contributed by atoms with van der Waals surface area (Å²) in [6.07, 6.45) is 3.56. The fourth-order valence-corrected chi connectivity index (χ4v) is 4.48. The molecule has 1 atom stereocenters. The van der Waals surface area contributed by atoms with Crippen LogP contribution < -0.4 is 5.32 Å². The number of aromatic nitrogens is 1. The van der Waals surface area contributed by atoms with Gasteiger partial charge in [0, 0.05) is 34.6 Å². The van der Waals surface area contributed by atoms with E-state index in [9.17, 15) is 8.42 Å². The van der Waals surface area contributed by atoms with E-state index in [0.29, 0.717) is 6.54 Å². The molecule has 110 valence electrons. The first-order valence-electron chi connectivity index (χ1n) is 6.68. The third kappa shape index (κ3) is 3.40. The topological polar surface area (TPSA) is 59.1 Å². The molecule has 0 radical (unpaired) electrons. The molecule has 2 aromatic rings. The fourth-order valence-electron chi connectivity index (χ4n) is 2.26. The zero-order valence-corrected chi connectivity index (χ0v) is 13.2. The summed E-state index contributed by atoms with van der Waals surface area (Å²) in [5.74, 6) is 0.149. The number of nitrogens with one attached hydrogen (secondary N) is 1. The van der Waals surface area contributed by atoms with E-state index in [4.69, 9.17) is 0 Å². The highest BCUT2D eigenvalue weighted by Gasteiger charge is 2.21. The summed E-state index contributed by atoms with van der Waals surface area (Å²) in [6, 6.07) is 8.07. The van der Waals surface area contributed by atoms with Gasteiger partial charge in [0.15, 0.2) is 9.84 Å². The highest BCUT2D eigenvalue weighted by Crippen LogP contribution is 2.27. The molecule has 21 heavy (non-hydrogen) atoms. The Labute approximate surface area is 128 Å². The van der Waals surface area contributed by atoms with Gasteiger partial charge in [0.2, 0.25) is 0 Å². The van der Waals surface area contributed by atoms with Gasteiger partial charge in [-0.3, -0.25) is 0 Å². The quantitative estimate of drug-likeness (QED) is 0.940. The number of thiazole rings is 1. The summed E-state index contributed by atoms with van der Waals surface area (Å²) in [4.78, 5) is 5.57. The van der Waals surface area contributed by atoms with Gasteiger partial charge in [-0.15, -0.1) is 11.3 Å². The monoisotopic (exact) mass is 320 g/mol. The summed E-state index contributed by atoms with van der Waals surface area (Å²) in [6.45, 7) is 2.71. The summed E-state index contributed by atoms with van der Waals surface area (Å²) in [5.41, 5.74) is 2.35. The number of aryl methyl sites for hydroxylation is 1. The highest BCUT2D eigenvalue weighted by molar-refractivity contribution is 7.94. The van der Waals surface area contributed by atoms with Crippen LogP contribution in [0.3, 0.4) is 0 Å². The second kappa shape index (κ2) is 5.71. The van der Waals surface area contributed by atoms with E-state index in [0.717, 1.165) is 15.4 Å². The van der Waals surface area contributed by atoms with Crippen molar-refractivity contribution < 1.29 is 8.42 Å². The minimum absolute atomic E-state index is 0.0981. The summed E-state index contributed by atoms with van der Waals surface area (Å²) in [7, 11) is -3.00. The van der Waals surface area contributed by atoms with Gasteiger partial charge in [0.05, 0.1) is 5.75 Å². The molecule has 2 heterocycles. The largest absolute Gasteiger partial charge is 0.305 e. The van der Waals surface area contributed by atoms with Gasteiger partial charge in [-0.2, -0.15) is 0 Å².